The maximum Gasteiger partial charge on any atom is 0.243 e. The molecule has 2 N–H and O–H groups in total. The van der Waals surface area contributed by atoms with E-state index in [0.717, 1.165) is 22.5 Å². The van der Waals surface area contributed by atoms with E-state index in [0.29, 0.717) is 6.42 Å². The van der Waals surface area contributed by atoms with Crippen LogP contribution in [0.4, 0.5) is 5.69 Å². The van der Waals surface area contributed by atoms with Crippen molar-refractivity contribution in [3.8, 4) is 0 Å². The Hall–Kier alpha value is -2.62. The van der Waals surface area contributed by atoms with Gasteiger partial charge in [0.2, 0.25) is 5.91 Å². The Morgan fingerprint density at radius 2 is 1.76 bits per heavy atom. The molecular formula is C17H17N3O. The number of benzene rings is 2. The van der Waals surface area contributed by atoms with Crippen LogP contribution in [0, 0.1) is 0 Å². The fourth-order valence-electron chi connectivity index (χ4n) is 2.56. The van der Waals surface area contributed by atoms with Gasteiger partial charge in [-0.2, -0.15) is 5.10 Å². The average Bonchev–Trinajstić information content (AvgIpc) is 2.51. The van der Waals surface area contributed by atoms with Gasteiger partial charge in [-0.3, -0.25) is 4.79 Å². The van der Waals surface area contributed by atoms with Crippen molar-refractivity contribution < 1.29 is 4.79 Å². The minimum Gasteiger partial charge on any atom is -0.399 e. The Morgan fingerprint density at radius 3 is 2.43 bits per heavy atom. The van der Waals surface area contributed by atoms with Gasteiger partial charge in [-0.15, -0.1) is 0 Å². The molecule has 0 saturated heterocycles. The molecule has 1 aliphatic heterocycles. The first kappa shape index (κ1) is 13.4. The lowest BCUT2D eigenvalue weighted by Crippen LogP contribution is -2.33. The van der Waals surface area contributed by atoms with Gasteiger partial charge in [0, 0.05) is 25.1 Å². The number of nitrogens with two attached hydrogens (primary N) is 1. The molecule has 2 aromatic rings. The standard InChI is InChI=1S/C17H17N3O/c1-20-16(21)11-15(12-5-3-2-4-6-12)17(19-20)13-7-9-14(18)10-8-13/h2-10,15H,11,18H2,1H3. The molecular weight excluding hydrogens is 262 g/mol. The van der Waals surface area contributed by atoms with Crippen LogP contribution in [0.2, 0.25) is 0 Å². The smallest absolute Gasteiger partial charge is 0.243 e. The van der Waals surface area contributed by atoms with E-state index >= 15 is 0 Å². The number of carbonyl (C=O) groups is 1. The van der Waals surface area contributed by atoms with Gasteiger partial charge in [-0.05, 0) is 23.3 Å². The Morgan fingerprint density at radius 1 is 1.10 bits per heavy atom. The third-order valence-corrected chi connectivity index (χ3v) is 3.74. The quantitative estimate of drug-likeness (QED) is 0.859. The molecule has 106 valence electrons. The van der Waals surface area contributed by atoms with E-state index in [9.17, 15) is 4.79 Å². The monoisotopic (exact) mass is 279 g/mol. The lowest BCUT2D eigenvalue weighted by Gasteiger charge is -2.27. The Kier molecular flexibility index (Phi) is 3.44. The molecule has 3 rings (SSSR count). The van der Waals surface area contributed by atoms with Crippen LogP contribution in [0.15, 0.2) is 59.7 Å². The largest absolute Gasteiger partial charge is 0.399 e. The van der Waals surface area contributed by atoms with E-state index < -0.39 is 0 Å². The molecule has 1 aliphatic rings. The van der Waals surface area contributed by atoms with Crippen molar-refractivity contribution in [2.75, 3.05) is 12.8 Å². The summed E-state index contributed by atoms with van der Waals surface area (Å²) < 4.78 is 0. The number of nitrogens with zero attached hydrogens (tertiary/aromatic N) is 2. The molecule has 21 heavy (non-hydrogen) atoms. The molecule has 0 aliphatic carbocycles. The van der Waals surface area contributed by atoms with Gasteiger partial charge in [-0.25, -0.2) is 5.01 Å². The normalized spacial score (nSPS) is 18.5. The molecule has 0 bridgehead atoms. The summed E-state index contributed by atoms with van der Waals surface area (Å²) in [6, 6.07) is 17.6. The second kappa shape index (κ2) is 5.40. The zero-order valence-electron chi connectivity index (χ0n) is 11.9. The molecule has 1 heterocycles. The van der Waals surface area contributed by atoms with Crippen LogP contribution in [0.1, 0.15) is 23.5 Å². The molecule has 2 aromatic carbocycles. The van der Waals surface area contributed by atoms with Gasteiger partial charge in [0.25, 0.3) is 0 Å². The van der Waals surface area contributed by atoms with Crippen molar-refractivity contribution in [1.82, 2.24) is 5.01 Å². The van der Waals surface area contributed by atoms with E-state index in [2.05, 4.69) is 5.10 Å². The number of anilines is 1. The summed E-state index contributed by atoms with van der Waals surface area (Å²) >= 11 is 0. The minimum atomic E-state index is -0.0153. The highest BCUT2D eigenvalue weighted by atomic mass is 16.2. The first-order valence-corrected chi connectivity index (χ1v) is 6.91. The Labute approximate surface area is 123 Å². The van der Waals surface area contributed by atoms with Crippen LogP contribution in [-0.2, 0) is 4.79 Å². The number of nitrogen functional groups attached to an aromatic ring is 1. The third kappa shape index (κ3) is 2.65. The molecule has 1 atom stereocenters. The predicted molar refractivity (Wildman–Crippen MR) is 84.0 cm³/mol. The van der Waals surface area contributed by atoms with Gasteiger partial charge < -0.3 is 5.73 Å². The first-order chi connectivity index (χ1) is 10.1. The molecule has 0 spiro atoms. The number of hydrogen-bond donors (Lipinski definition) is 1. The first-order valence-electron chi connectivity index (χ1n) is 6.91. The highest BCUT2D eigenvalue weighted by Crippen LogP contribution is 2.29. The fourth-order valence-corrected chi connectivity index (χ4v) is 2.56. The number of carbonyl (C=O) groups excluding carboxylic acids is 1. The van der Waals surface area contributed by atoms with Crippen LogP contribution < -0.4 is 5.73 Å². The maximum absolute atomic E-state index is 12.0. The van der Waals surface area contributed by atoms with Crippen LogP contribution in [0.25, 0.3) is 0 Å². The summed E-state index contributed by atoms with van der Waals surface area (Å²) in [6.45, 7) is 0. The van der Waals surface area contributed by atoms with Crippen molar-refractivity contribution in [3.63, 3.8) is 0 Å². The SMILES string of the molecule is CN1N=C(c2ccc(N)cc2)C(c2ccccc2)CC1=O. The second-order valence-electron chi connectivity index (χ2n) is 5.19. The molecule has 1 amide bonds. The highest BCUT2D eigenvalue weighted by molar-refractivity contribution is 6.08. The highest BCUT2D eigenvalue weighted by Gasteiger charge is 2.29. The number of rotatable bonds is 2. The maximum atomic E-state index is 12.0. The van der Waals surface area contributed by atoms with Crippen molar-refractivity contribution in [2.24, 2.45) is 5.10 Å². The molecule has 0 radical (unpaired) electrons. The van der Waals surface area contributed by atoms with E-state index in [1.165, 1.54) is 5.01 Å². The van der Waals surface area contributed by atoms with Gasteiger partial charge in [0.05, 0.1) is 5.71 Å². The Balaban J connectivity index is 2.06. The lowest BCUT2D eigenvalue weighted by atomic mass is 9.86. The molecule has 0 fully saturated rings. The van der Waals surface area contributed by atoms with E-state index in [1.807, 2.05) is 54.6 Å². The van der Waals surface area contributed by atoms with Crippen LogP contribution in [-0.4, -0.2) is 23.7 Å². The van der Waals surface area contributed by atoms with E-state index in [4.69, 9.17) is 5.73 Å². The summed E-state index contributed by atoms with van der Waals surface area (Å²) in [4.78, 5) is 12.0. The molecule has 1 unspecified atom stereocenters. The summed E-state index contributed by atoms with van der Waals surface area (Å²) in [7, 11) is 1.70. The zero-order valence-corrected chi connectivity index (χ0v) is 11.9. The molecule has 4 heteroatoms. The minimum absolute atomic E-state index is 0.0153. The van der Waals surface area contributed by atoms with Crippen molar-refractivity contribution in [2.45, 2.75) is 12.3 Å². The van der Waals surface area contributed by atoms with Crippen molar-refractivity contribution in [3.05, 3.63) is 65.7 Å². The average molecular weight is 279 g/mol. The summed E-state index contributed by atoms with van der Waals surface area (Å²) in [5.74, 6) is 0.0153. The number of hydrogen-bond acceptors (Lipinski definition) is 3. The van der Waals surface area contributed by atoms with E-state index in [1.54, 1.807) is 7.05 Å². The summed E-state index contributed by atoms with van der Waals surface area (Å²) in [6.07, 6.45) is 0.434. The van der Waals surface area contributed by atoms with Crippen LogP contribution >= 0.6 is 0 Å². The predicted octanol–water partition coefficient (Wildman–Crippen LogP) is 2.62. The summed E-state index contributed by atoms with van der Waals surface area (Å²) in [5.41, 5.74) is 9.47. The topological polar surface area (TPSA) is 58.7 Å². The van der Waals surface area contributed by atoms with Crippen molar-refractivity contribution >= 4 is 17.3 Å². The number of amides is 1. The second-order valence-corrected chi connectivity index (χ2v) is 5.19. The van der Waals surface area contributed by atoms with E-state index in [-0.39, 0.29) is 11.8 Å². The van der Waals surface area contributed by atoms with Gasteiger partial charge in [-0.1, -0.05) is 42.5 Å². The summed E-state index contributed by atoms with van der Waals surface area (Å²) in [5, 5.41) is 5.90. The third-order valence-electron chi connectivity index (χ3n) is 3.74. The lowest BCUT2D eigenvalue weighted by molar-refractivity contribution is -0.130. The number of hydrazone groups is 1. The molecule has 0 saturated carbocycles. The van der Waals surface area contributed by atoms with Gasteiger partial charge >= 0.3 is 0 Å². The van der Waals surface area contributed by atoms with Crippen LogP contribution in [0.5, 0.6) is 0 Å². The van der Waals surface area contributed by atoms with Gasteiger partial charge in [0.1, 0.15) is 0 Å². The Bertz CT molecular complexity index is 677. The molecule has 0 aromatic heterocycles. The fraction of sp³-hybridized carbons (Fsp3) is 0.176. The zero-order chi connectivity index (χ0) is 14.8. The van der Waals surface area contributed by atoms with Crippen LogP contribution in [0.3, 0.4) is 0 Å². The molecule has 4 nitrogen and oxygen atoms in total. The van der Waals surface area contributed by atoms with Crippen molar-refractivity contribution in [1.29, 1.82) is 0 Å². The van der Waals surface area contributed by atoms with Gasteiger partial charge in [0.15, 0.2) is 0 Å².